The number of carboxylic acids is 1. The number of hydrogen-bond donors (Lipinski definition) is 1. The Hall–Kier alpha value is -1.26. The van der Waals surface area contributed by atoms with Gasteiger partial charge in [0.15, 0.2) is 0 Å². The Morgan fingerprint density at radius 3 is 2.50 bits per heavy atom. The first kappa shape index (κ1) is 13.2. The Balaban J connectivity index is 2.07. The molecule has 0 fully saturated rings. The van der Waals surface area contributed by atoms with Crippen LogP contribution in [0.15, 0.2) is 57.9 Å². The minimum Gasteiger partial charge on any atom is -0.478 e. The van der Waals surface area contributed by atoms with Crippen molar-refractivity contribution in [1.29, 1.82) is 0 Å². The molecule has 0 saturated carbocycles. The van der Waals surface area contributed by atoms with Crippen molar-refractivity contribution in [3.8, 4) is 0 Å². The second kappa shape index (κ2) is 6.07. The lowest BCUT2D eigenvalue weighted by Gasteiger charge is -2.04. The largest absolute Gasteiger partial charge is 0.478 e. The van der Waals surface area contributed by atoms with Crippen LogP contribution in [0.1, 0.15) is 15.9 Å². The SMILES string of the molecule is O=C(O)c1ccc(SCc2ccccc2)cc1Br. The van der Waals surface area contributed by atoms with Gasteiger partial charge >= 0.3 is 5.97 Å². The van der Waals surface area contributed by atoms with Gasteiger partial charge in [0.1, 0.15) is 0 Å². The first-order valence-electron chi connectivity index (χ1n) is 5.36. The summed E-state index contributed by atoms with van der Waals surface area (Å²) in [7, 11) is 0. The molecule has 2 rings (SSSR count). The highest BCUT2D eigenvalue weighted by atomic mass is 79.9. The second-order valence-corrected chi connectivity index (χ2v) is 5.62. The average Bonchev–Trinajstić information content (AvgIpc) is 2.37. The molecule has 0 bridgehead atoms. The van der Waals surface area contributed by atoms with E-state index in [2.05, 4.69) is 28.1 Å². The summed E-state index contributed by atoms with van der Waals surface area (Å²) in [5, 5.41) is 8.93. The lowest BCUT2D eigenvalue weighted by Crippen LogP contribution is -1.97. The Kier molecular flexibility index (Phi) is 4.44. The molecule has 0 spiro atoms. The fraction of sp³-hybridized carbons (Fsp3) is 0.0714. The Morgan fingerprint density at radius 2 is 1.89 bits per heavy atom. The lowest BCUT2D eigenvalue weighted by atomic mass is 10.2. The molecule has 1 N–H and O–H groups in total. The molecule has 0 amide bonds. The zero-order chi connectivity index (χ0) is 13.0. The van der Waals surface area contributed by atoms with Crippen LogP contribution in [-0.2, 0) is 5.75 Å². The van der Waals surface area contributed by atoms with Crippen molar-refractivity contribution in [2.75, 3.05) is 0 Å². The summed E-state index contributed by atoms with van der Waals surface area (Å²) >= 11 is 4.96. The van der Waals surface area contributed by atoms with E-state index in [0.717, 1.165) is 10.6 Å². The number of carbonyl (C=O) groups is 1. The van der Waals surface area contributed by atoms with Crippen LogP contribution in [0.2, 0.25) is 0 Å². The standard InChI is InChI=1S/C14H11BrO2S/c15-13-8-11(6-7-12(13)14(16)17)18-9-10-4-2-1-3-5-10/h1-8H,9H2,(H,16,17). The predicted molar refractivity (Wildman–Crippen MR) is 77.1 cm³/mol. The van der Waals surface area contributed by atoms with E-state index in [9.17, 15) is 4.79 Å². The minimum atomic E-state index is -0.915. The fourth-order valence-electron chi connectivity index (χ4n) is 1.50. The monoisotopic (exact) mass is 322 g/mol. The van der Waals surface area contributed by atoms with Crippen LogP contribution in [0.3, 0.4) is 0 Å². The normalized spacial score (nSPS) is 10.3. The topological polar surface area (TPSA) is 37.3 Å². The van der Waals surface area contributed by atoms with Crippen LogP contribution < -0.4 is 0 Å². The molecule has 0 aromatic heterocycles. The van der Waals surface area contributed by atoms with Crippen molar-refractivity contribution < 1.29 is 9.90 Å². The van der Waals surface area contributed by atoms with Crippen molar-refractivity contribution in [2.24, 2.45) is 0 Å². The van der Waals surface area contributed by atoms with Gasteiger partial charge in [-0.05, 0) is 39.7 Å². The second-order valence-electron chi connectivity index (χ2n) is 3.72. The van der Waals surface area contributed by atoms with E-state index in [1.54, 1.807) is 17.8 Å². The molecule has 92 valence electrons. The first-order valence-corrected chi connectivity index (χ1v) is 7.14. The van der Waals surface area contributed by atoms with Crippen molar-refractivity contribution in [3.05, 3.63) is 64.1 Å². The number of carboxylic acid groups (broad SMARTS) is 1. The van der Waals surface area contributed by atoms with E-state index in [1.807, 2.05) is 30.3 Å². The molecule has 2 aromatic carbocycles. The van der Waals surface area contributed by atoms with E-state index < -0.39 is 5.97 Å². The average molecular weight is 323 g/mol. The number of thioether (sulfide) groups is 1. The summed E-state index contributed by atoms with van der Waals surface area (Å²) in [5.74, 6) is -0.0406. The summed E-state index contributed by atoms with van der Waals surface area (Å²) in [5.41, 5.74) is 1.54. The van der Waals surface area contributed by atoms with E-state index in [1.165, 1.54) is 5.56 Å². The summed E-state index contributed by atoms with van der Waals surface area (Å²) in [6.07, 6.45) is 0. The highest BCUT2D eigenvalue weighted by Gasteiger charge is 2.08. The Bertz CT molecular complexity index is 555. The molecule has 0 aliphatic carbocycles. The third kappa shape index (κ3) is 3.37. The summed E-state index contributed by atoms with van der Waals surface area (Å²) in [6.45, 7) is 0. The molecule has 0 radical (unpaired) electrons. The molecule has 0 saturated heterocycles. The molecule has 2 nitrogen and oxygen atoms in total. The van der Waals surface area contributed by atoms with Gasteiger partial charge in [-0.15, -0.1) is 11.8 Å². The van der Waals surface area contributed by atoms with Gasteiger partial charge in [-0.25, -0.2) is 4.79 Å². The van der Waals surface area contributed by atoms with Crippen LogP contribution in [-0.4, -0.2) is 11.1 Å². The van der Waals surface area contributed by atoms with Crippen LogP contribution in [0.5, 0.6) is 0 Å². The van der Waals surface area contributed by atoms with Gasteiger partial charge in [0.25, 0.3) is 0 Å². The molecule has 0 unspecified atom stereocenters. The Labute approximate surface area is 118 Å². The molecule has 0 aliphatic rings. The van der Waals surface area contributed by atoms with Crippen LogP contribution in [0.25, 0.3) is 0 Å². The van der Waals surface area contributed by atoms with E-state index >= 15 is 0 Å². The highest BCUT2D eigenvalue weighted by Crippen LogP contribution is 2.27. The van der Waals surface area contributed by atoms with Crippen molar-refractivity contribution in [3.63, 3.8) is 0 Å². The maximum Gasteiger partial charge on any atom is 0.336 e. The maximum atomic E-state index is 10.9. The summed E-state index contributed by atoms with van der Waals surface area (Å²) in [4.78, 5) is 11.9. The van der Waals surface area contributed by atoms with Gasteiger partial charge in [0, 0.05) is 15.1 Å². The number of hydrogen-bond acceptors (Lipinski definition) is 2. The van der Waals surface area contributed by atoms with Crippen molar-refractivity contribution in [1.82, 2.24) is 0 Å². The third-order valence-corrected chi connectivity index (χ3v) is 4.14. The molecular weight excluding hydrogens is 312 g/mol. The number of halogens is 1. The lowest BCUT2D eigenvalue weighted by molar-refractivity contribution is 0.0696. The van der Waals surface area contributed by atoms with Gasteiger partial charge in [-0.3, -0.25) is 0 Å². The number of aromatic carboxylic acids is 1. The van der Waals surface area contributed by atoms with E-state index in [0.29, 0.717) is 10.0 Å². The van der Waals surface area contributed by atoms with Crippen molar-refractivity contribution >= 4 is 33.7 Å². The molecule has 0 heterocycles. The Morgan fingerprint density at radius 1 is 1.17 bits per heavy atom. The maximum absolute atomic E-state index is 10.9. The summed E-state index contributed by atoms with van der Waals surface area (Å²) in [6, 6.07) is 15.5. The quantitative estimate of drug-likeness (QED) is 0.845. The minimum absolute atomic E-state index is 0.291. The molecule has 2 aromatic rings. The smallest absolute Gasteiger partial charge is 0.336 e. The number of rotatable bonds is 4. The van der Waals surface area contributed by atoms with Crippen LogP contribution in [0.4, 0.5) is 0 Å². The number of benzene rings is 2. The first-order chi connectivity index (χ1) is 8.66. The van der Waals surface area contributed by atoms with Gasteiger partial charge in [0.2, 0.25) is 0 Å². The zero-order valence-electron chi connectivity index (χ0n) is 9.47. The third-order valence-electron chi connectivity index (χ3n) is 2.42. The van der Waals surface area contributed by atoms with Gasteiger partial charge < -0.3 is 5.11 Å². The van der Waals surface area contributed by atoms with Crippen LogP contribution >= 0.6 is 27.7 Å². The van der Waals surface area contributed by atoms with Gasteiger partial charge in [0.05, 0.1) is 5.56 Å². The molecule has 0 aliphatic heterocycles. The van der Waals surface area contributed by atoms with Crippen molar-refractivity contribution in [2.45, 2.75) is 10.6 Å². The highest BCUT2D eigenvalue weighted by molar-refractivity contribution is 9.10. The van der Waals surface area contributed by atoms with Gasteiger partial charge in [-0.1, -0.05) is 30.3 Å². The molecule has 4 heteroatoms. The van der Waals surface area contributed by atoms with E-state index in [-0.39, 0.29) is 0 Å². The predicted octanol–water partition coefficient (Wildman–Crippen LogP) is 4.44. The van der Waals surface area contributed by atoms with Crippen LogP contribution in [0, 0.1) is 0 Å². The zero-order valence-corrected chi connectivity index (χ0v) is 11.9. The van der Waals surface area contributed by atoms with Gasteiger partial charge in [-0.2, -0.15) is 0 Å². The molecular formula is C14H11BrO2S. The fourth-order valence-corrected chi connectivity index (χ4v) is 3.09. The summed E-state index contributed by atoms with van der Waals surface area (Å²) < 4.78 is 0.619. The molecule has 0 atom stereocenters. The van der Waals surface area contributed by atoms with E-state index in [4.69, 9.17) is 5.11 Å². The molecule has 18 heavy (non-hydrogen) atoms.